The van der Waals surface area contributed by atoms with E-state index in [1.165, 1.54) is 0 Å². The summed E-state index contributed by atoms with van der Waals surface area (Å²) in [6, 6.07) is 16.4. The molecule has 0 heterocycles. The van der Waals surface area contributed by atoms with Crippen LogP contribution in [0.5, 0.6) is 0 Å². The summed E-state index contributed by atoms with van der Waals surface area (Å²) in [6.07, 6.45) is 1.64. The Labute approximate surface area is 148 Å². The highest BCUT2D eigenvalue weighted by molar-refractivity contribution is 5.97. The van der Waals surface area contributed by atoms with E-state index in [2.05, 4.69) is 10.6 Å². The number of aliphatic hydroxyl groups is 1. The quantitative estimate of drug-likeness (QED) is 0.690. The van der Waals surface area contributed by atoms with Crippen LogP contribution in [0.2, 0.25) is 0 Å². The number of benzene rings is 2. The highest BCUT2D eigenvalue weighted by Gasteiger charge is 2.16. The summed E-state index contributed by atoms with van der Waals surface area (Å²) < 4.78 is 0. The first-order valence-corrected chi connectivity index (χ1v) is 8.50. The second-order valence-electron chi connectivity index (χ2n) is 5.79. The molecule has 0 spiro atoms. The maximum Gasteiger partial charge on any atom is 0.251 e. The first kappa shape index (κ1) is 18.7. The van der Waals surface area contributed by atoms with Crippen LogP contribution in [-0.2, 0) is 4.79 Å². The molecule has 0 aromatic heterocycles. The van der Waals surface area contributed by atoms with Crippen molar-refractivity contribution in [2.75, 3.05) is 11.9 Å². The van der Waals surface area contributed by atoms with Crippen LogP contribution in [0.1, 0.15) is 48.1 Å². The molecule has 0 saturated carbocycles. The van der Waals surface area contributed by atoms with Crippen molar-refractivity contribution in [3.8, 4) is 0 Å². The molecule has 132 valence electrons. The van der Waals surface area contributed by atoms with E-state index in [1.54, 1.807) is 31.2 Å². The first-order valence-electron chi connectivity index (χ1n) is 8.50. The van der Waals surface area contributed by atoms with Crippen LogP contribution < -0.4 is 10.6 Å². The number of aliphatic hydroxyl groups excluding tert-OH is 1. The highest BCUT2D eigenvalue weighted by atomic mass is 16.3. The van der Waals surface area contributed by atoms with E-state index in [9.17, 15) is 9.59 Å². The van der Waals surface area contributed by atoms with Crippen molar-refractivity contribution in [2.24, 2.45) is 0 Å². The average Bonchev–Trinajstić information content (AvgIpc) is 2.65. The lowest BCUT2D eigenvalue weighted by Crippen LogP contribution is -2.28. The number of rotatable bonds is 8. The molecule has 0 radical (unpaired) electrons. The van der Waals surface area contributed by atoms with Gasteiger partial charge in [0.05, 0.1) is 6.04 Å². The Morgan fingerprint density at radius 1 is 1.08 bits per heavy atom. The Balaban J connectivity index is 2.12. The van der Waals surface area contributed by atoms with E-state index in [1.807, 2.05) is 30.3 Å². The van der Waals surface area contributed by atoms with Crippen molar-refractivity contribution in [1.29, 1.82) is 0 Å². The zero-order valence-electron chi connectivity index (χ0n) is 14.4. The molecule has 5 nitrogen and oxygen atoms in total. The van der Waals surface area contributed by atoms with E-state index in [4.69, 9.17) is 5.11 Å². The van der Waals surface area contributed by atoms with Gasteiger partial charge in [-0.15, -0.1) is 0 Å². The molecule has 5 heteroatoms. The van der Waals surface area contributed by atoms with E-state index in [-0.39, 0.29) is 24.5 Å². The second kappa shape index (κ2) is 9.59. The van der Waals surface area contributed by atoms with Crippen molar-refractivity contribution >= 4 is 17.5 Å². The average molecular weight is 340 g/mol. The van der Waals surface area contributed by atoms with Crippen molar-refractivity contribution in [3.63, 3.8) is 0 Å². The zero-order chi connectivity index (χ0) is 18.1. The number of anilines is 1. The van der Waals surface area contributed by atoms with Crippen LogP contribution >= 0.6 is 0 Å². The summed E-state index contributed by atoms with van der Waals surface area (Å²) in [7, 11) is 0. The normalized spacial score (nSPS) is 11.6. The van der Waals surface area contributed by atoms with Crippen LogP contribution in [0.25, 0.3) is 0 Å². The van der Waals surface area contributed by atoms with E-state index >= 15 is 0 Å². The number of nitrogens with one attached hydrogen (secondary N) is 2. The molecule has 1 unspecified atom stereocenters. The summed E-state index contributed by atoms with van der Waals surface area (Å²) in [5.41, 5.74) is 2.09. The third-order valence-corrected chi connectivity index (χ3v) is 3.89. The van der Waals surface area contributed by atoms with Gasteiger partial charge in [0.1, 0.15) is 0 Å². The van der Waals surface area contributed by atoms with Gasteiger partial charge in [-0.25, -0.2) is 0 Å². The molecule has 0 aliphatic carbocycles. The minimum absolute atomic E-state index is 0.0811. The largest absolute Gasteiger partial charge is 0.396 e. The summed E-state index contributed by atoms with van der Waals surface area (Å²) in [4.78, 5) is 24.1. The van der Waals surface area contributed by atoms with Gasteiger partial charge >= 0.3 is 0 Å². The molecule has 1 atom stereocenters. The fourth-order valence-corrected chi connectivity index (χ4v) is 2.53. The smallest absolute Gasteiger partial charge is 0.251 e. The van der Waals surface area contributed by atoms with Crippen molar-refractivity contribution in [1.82, 2.24) is 5.32 Å². The summed E-state index contributed by atoms with van der Waals surface area (Å²) in [5, 5.41) is 14.9. The van der Waals surface area contributed by atoms with Gasteiger partial charge in [0.25, 0.3) is 5.91 Å². The van der Waals surface area contributed by atoms with Gasteiger partial charge in [-0.1, -0.05) is 43.3 Å². The van der Waals surface area contributed by atoms with Crippen molar-refractivity contribution in [3.05, 3.63) is 65.7 Å². The molecule has 0 aliphatic rings. The van der Waals surface area contributed by atoms with Crippen molar-refractivity contribution < 1.29 is 14.7 Å². The Morgan fingerprint density at radius 3 is 2.52 bits per heavy atom. The molecule has 2 aromatic carbocycles. The van der Waals surface area contributed by atoms with Gasteiger partial charge in [0, 0.05) is 24.3 Å². The number of hydrogen-bond acceptors (Lipinski definition) is 3. The van der Waals surface area contributed by atoms with Gasteiger partial charge in [0.2, 0.25) is 5.91 Å². The molecule has 0 bridgehead atoms. The Kier molecular flexibility index (Phi) is 7.16. The van der Waals surface area contributed by atoms with Crippen LogP contribution in [-0.4, -0.2) is 23.5 Å². The fourth-order valence-electron chi connectivity index (χ4n) is 2.53. The third kappa shape index (κ3) is 5.72. The molecule has 0 aliphatic heterocycles. The van der Waals surface area contributed by atoms with E-state index in [0.717, 1.165) is 5.56 Å². The van der Waals surface area contributed by atoms with Gasteiger partial charge in [-0.05, 0) is 36.6 Å². The molecular weight excluding hydrogens is 316 g/mol. The van der Waals surface area contributed by atoms with Gasteiger partial charge in [-0.3, -0.25) is 9.59 Å². The van der Waals surface area contributed by atoms with Gasteiger partial charge in [-0.2, -0.15) is 0 Å². The standard InChI is InChI=1S/C20H24N2O3/c1-2-19(24)21-17-11-6-10-16(14-17)20(25)22-18(12-7-13-23)15-8-4-3-5-9-15/h3-6,8-11,14,18,23H,2,7,12-13H2,1H3,(H,21,24)(H,22,25). The molecule has 3 N–H and O–H groups in total. The number of carbonyl (C=O) groups excluding carboxylic acids is 2. The molecular formula is C20H24N2O3. The van der Waals surface area contributed by atoms with E-state index in [0.29, 0.717) is 30.5 Å². The highest BCUT2D eigenvalue weighted by Crippen LogP contribution is 2.19. The number of carbonyl (C=O) groups is 2. The Hall–Kier alpha value is -2.66. The number of amides is 2. The maximum atomic E-state index is 12.6. The molecule has 25 heavy (non-hydrogen) atoms. The minimum Gasteiger partial charge on any atom is -0.396 e. The summed E-state index contributed by atoms with van der Waals surface area (Å²) in [6.45, 7) is 1.86. The fraction of sp³-hybridized carbons (Fsp3) is 0.300. The van der Waals surface area contributed by atoms with Crippen molar-refractivity contribution in [2.45, 2.75) is 32.2 Å². The zero-order valence-corrected chi connectivity index (χ0v) is 14.4. The minimum atomic E-state index is -0.209. The van der Waals surface area contributed by atoms with Crippen LogP contribution in [0.4, 0.5) is 5.69 Å². The topological polar surface area (TPSA) is 78.4 Å². The second-order valence-corrected chi connectivity index (χ2v) is 5.79. The Morgan fingerprint density at radius 2 is 1.84 bits per heavy atom. The predicted octanol–water partition coefficient (Wildman–Crippen LogP) is 3.28. The predicted molar refractivity (Wildman–Crippen MR) is 98.3 cm³/mol. The first-order chi connectivity index (χ1) is 12.1. The lowest BCUT2D eigenvalue weighted by atomic mass is 10.0. The molecule has 0 saturated heterocycles. The van der Waals surface area contributed by atoms with Gasteiger partial charge in [0.15, 0.2) is 0 Å². The summed E-state index contributed by atoms with van der Waals surface area (Å²) in [5.74, 6) is -0.304. The maximum absolute atomic E-state index is 12.6. The summed E-state index contributed by atoms with van der Waals surface area (Å²) >= 11 is 0. The lowest BCUT2D eigenvalue weighted by molar-refractivity contribution is -0.115. The van der Waals surface area contributed by atoms with Gasteiger partial charge < -0.3 is 15.7 Å². The Bertz CT molecular complexity index is 701. The lowest BCUT2D eigenvalue weighted by Gasteiger charge is -2.19. The van der Waals surface area contributed by atoms with Crippen LogP contribution in [0.15, 0.2) is 54.6 Å². The monoisotopic (exact) mass is 340 g/mol. The molecule has 2 aromatic rings. The number of hydrogen-bond donors (Lipinski definition) is 3. The third-order valence-electron chi connectivity index (χ3n) is 3.89. The van der Waals surface area contributed by atoms with E-state index < -0.39 is 0 Å². The SMILES string of the molecule is CCC(=O)Nc1cccc(C(=O)NC(CCCO)c2ccccc2)c1. The van der Waals surface area contributed by atoms with Crippen LogP contribution in [0.3, 0.4) is 0 Å². The van der Waals surface area contributed by atoms with Crippen LogP contribution in [0, 0.1) is 0 Å². The molecule has 0 fully saturated rings. The molecule has 2 amide bonds. The molecule has 2 rings (SSSR count).